The molecule has 0 amide bonds. The summed E-state index contributed by atoms with van der Waals surface area (Å²) in [6, 6.07) is 0.350. The van der Waals surface area contributed by atoms with E-state index in [9.17, 15) is 0 Å². The quantitative estimate of drug-likeness (QED) is 0.772. The van der Waals surface area contributed by atoms with Crippen molar-refractivity contribution in [2.45, 2.75) is 19.9 Å². The highest BCUT2D eigenvalue weighted by molar-refractivity contribution is 9.10. The SMILES string of the molecule is CC(C)N(CCOCCN)c1ncncc1Br. The molecule has 1 aromatic heterocycles. The topological polar surface area (TPSA) is 64.3 Å². The van der Waals surface area contributed by atoms with Crippen molar-refractivity contribution >= 4 is 21.7 Å². The second-order valence-corrected chi connectivity index (χ2v) is 4.74. The van der Waals surface area contributed by atoms with Gasteiger partial charge in [-0.1, -0.05) is 0 Å². The summed E-state index contributed by atoms with van der Waals surface area (Å²) in [5.41, 5.74) is 5.37. The highest BCUT2D eigenvalue weighted by Gasteiger charge is 2.14. The maximum Gasteiger partial charge on any atom is 0.146 e. The number of anilines is 1. The fraction of sp³-hybridized carbons (Fsp3) is 0.636. The number of hydrogen-bond donors (Lipinski definition) is 1. The van der Waals surface area contributed by atoms with E-state index in [1.54, 1.807) is 12.5 Å². The molecule has 0 aromatic carbocycles. The van der Waals surface area contributed by atoms with Crippen molar-refractivity contribution in [2.24, 2.45) is 5.73 Å². The number of halogens is 1. The number of hydrogen-bond acceptors (Lipinski definition) is 5. The highest BCUT2D eigenvalue weighted by Crippen LogP contribution is 2.23. The number of rotatable bonds is 7. The third kappa shape index (κ3) is 4.57. The molecule has 0 spiro atoms. The van der Waals surface area contributed by atoms with Gasteiger partial charge < -0.3 is 15.4 Å². The fourth-order valence-corrected chi connectivity index (χ4v) is 1.92. The van der Waals surface area contributed by atoms with Crippen molar-refractivity contribution in [1.82, 2.24) is 9.97 Å². The summed E-state index contributed by atoms with van der Waals surface area (Å²) in [6.45, 7) is 6.82. The lowest BCUT2D eigenvalue weighted by atomic mass is 10.3. The number of aromatic nitrogens is 2. The predicted molar refractivity (Wildman–Crippen MR) is 72.1 cm³/mol. The van der Waals surface area contributed by atoms with Crippen molar-refractivity contribution in [1.29, 1.82) is 0 Å². The first-order chi connectivity index (χ1) is 8.16. The second kappa shape index (κ2) is 7.58. The van der Waals surface area contributed by atoms with Gasteiger partial charge in [0.2, 0.25) is 0 Å². The molecular weight excluding hydrogens is 284 g/mol. The van der Waals surface area contributed by atoms with E-state index < -0.39 is 0 Å². The van der Waals surface area contributed by atoms with Gasteiger partial charge in [0.1, 0.15) is 12.1 Å². The Balaban J connectivity index is 2.63. The van der Waals surface area contributed by atoms with Gasteiger partial charge in [-0.05, 0) is 29.8 Å². The Morgan fingerprint density at radius 2 is 2.24 bits per heavy atom. The molecule has 96 valence electrons. The van der Waals surface area contributed by atoms with E-state index in [4.69, 9.17) is 10.5 Å². The number of ether oxygens (including phenoxy) is 1. The van der Waals surface area contributed by atoms with Crippen molar-refractivity contribution in [3.63, 3.8) is 0 Å². The Kier molecular flexibility index (Phi) is 6.39. The molecule has 1 rings (SSSR count). The van der Waals surface area contributed by atoms with E-state index in [0.29, 0.717) is 25.8 Å². The predicted octanol–water partition coefficient (Wildman–Crippen LogP) is 1.43. The molecule has 2 N–H and O–H groups in total. The van der Waals surface area contributed by atoms with Gasteiger partial charge in [0.05, 0.1) is 17.7 Å². The molecule has 1 heterocycles. The molecule has 1 aromatic rings. The molecule has 0 aliphatic carbocycles. The molecular formula is C11H19BrN4O. The zero-order valence-corrected chi connectivity index (χ0v) is 11.9. The van der Waals surface area contributed by atoms with Crippen molar-refractivity contribution < 1.29 is 4.74 Å². The van der Waals surface area contributed by atoms with E-state index in [-0.39, 0.29) is 0 Å². The summed E-state index contributed by atoms with van der Waals surface area (Å²) in [4.78, 5) is 10.4. The molecule has 0 radical (unpaired) electrons. The lowest BCUT2D eigenvalue weighted by Gasteiger charge is -2.28. The van der Waals surface area contributed by atoms with Gasteiger partial charge in [0.15, 0.2) is 0 Å². The van der Waals surface area contributed by atoms with Crippen LogP contribution in [0, 0.1) is 0 Å². The molecule has 6 heteroatoms. The highest BCUT2D eigenvalue weighted by atomic mass is 79.9. The second-order valence-electron chi connectivity index (χ2n) is 3.88. The van der Waals surface area contributed by atoms with E-state index in [0.717, 1.165) is 16.8 Å². The third-order valence-corrected chi connectivity index (χ3v) is 2.84. The van der Waals surface area contributed by atoms with Crippen LogP contribution in [0.3, 0.4) is 0 Å². The summed E-state index contributed by atoms with van der Waals surface area (Å²) in [5.74, 6) is 0.895. The zero-order chi connectivity index (χ0) is 12.7. The Labute approximate surface area is 111 Å². The van der Waals surface area contributed by atoms with Gasteiger partial charge in [-0.2, -0.15) is 0 Å². The summed E-state index contributed by atoms with van der Waals surface area (Å²) in [5, 5.41) is 0. The molecule has 0 aliphatic heterocycles. The van der Waals surface area contributed by atoms with Crippen molar-refractivity contribution in [3.8, 4) is 0 Å². The minimum atomic E-state index is 0.350. The summed E-state index contributed by atoms with van der Waals surface area (Å²) < 4.78 is 6.30. The largest absolute Gasteiger partial charge is 0.378 e. The molecule has 0 bridgehead atoms. The number of nitrogens with two attached hydrogens (primary N) is 1. The van der Waals surface area contributed by atoms with E-state index in [2.05, 4.69) is 44.6 Å². The zero-order valence-electron chi connectivity index (χ0n) is 10.3. The van der Waals surface area contributed by atoms with Crippen LogP contribution in [0.5, 0.6) is 0 Å². The van der Waals surface area contributed by atoms with Crippen LogP contribution in [0.2, 0.25) is 0 Å². The molecule has 0 saturated heterocycles. The maximum atomic E-state index is 5.40. The molecule has 0 fully saturated rings. The smallest absolute Gasteiger partial charge is 0.146 e. The van der Waals surface area contributed by atoms with Crippen molar-refractivity contribution in [3.05, 3.63) is 17.0 Å². The van der Waals surface area contributed by atoms with Gasteiger partial charge in [0.25, 0.3) is 0 Å². The summed E-state index contributed by atoms with van der Waals surface area (Å²) >= 11 is 3.46. The Morgan fingerprint density at radius 3 is 2.82 bits per heavy atom. The van der Waals surface area contributed by atoms with Crippen LogP contribution in [-0.4, -0.2) is 42.3 Å². The molecule has 0 atom stereocenters. The fourth-order valence-electron chi connectivity index (χ4n) is 1.47. The van der Waals surface area contributed by atoms with Crippen LogP contribution >= 0.6 is 15.9 Å². The standard InChI is InChI=1S/C11H19BrN4O/c1-9(2)16(4-6-17-5-3-13)11-10(12)7-14-8-15-11/h7-9H,3-6,13H2,1-2H3. The summed E-state index contributed by atoms with van der Waals surface area (Å²) in [6.07, 6.45) is 3.30. The average Bonchev–Trinajstić information content (AvgIpc) is 2.30. The van der Waals surface area contributed by atoms with E-state index in [1.807, 2.05) is 0 Å². The summed E-state index contributed by atoms with van der Waals surface area (Å²) in [7, 11) is 0. The van der Waals surface area contributed by atoms with Gasteiger partial charge in [-0.25, -0.2) is 9.97 Å². The Hall–Kier alpha value is -0.720. The van der Waals surface area contributed by atoms with Crippen LogP contribution in [0.25, 0.3) is 0 Å². The van der Waals surface area contributed by atoms with E-state index >= 15 is 0 Å². The molecule has 5 nitrogen and oxygen atoms in total. The minimum absolute atomic E-state index is 0.350. The van der Waals surface area contributed by atoms with Gasteiger partial charge >= 0.3 is 0 Å². The maximum absolute atomic E-state index is 5.40. The third-order valence-electron chi connectivity index (χ3n) is 2.28. The first-order valence-electron chi connectivity index (χ1n) is 5.66. The normalized spacial score (nSPS) is 10.9. The average molecular weight is 303 g/mol. The van der Waals surface area contributed by atoms with Crippen LogP contribution in [0.15, 0.2) is 17.0 Å². The van der Waals surface area contributed by atoms with E-state index in [1.165, 1.54) is 0 Å². The Morgan fingerprint density at radius 1 is 1.47 bits per heavy atom. The van der Waals surface area contributed by atoms with Gasteiger partial charge in [-0.15, -0.1) is 0 Å². The van der Waals surface area contributed by atoms with Crippen LogP contribution in [-0.2, 0) is 4.74 Å². The lowest BCUT2D eigenvalue weighted by Crippen LogP contribution is -2.35. The number of nitrogens with zero attached hydrogens (tertiary/aromatic N) is 3. The van der Waals surface area contributed by atoms with Crippen LogP contribution in [0.1, 0.15) is 13.8 Å². The first-order valence-corrected chi connectivity index (χ1v) is 6.46. The molecule has 0 unspecified atom stereocenters. The minimum Gasteiger partial charge on any atom is -0.378 e. The lowest BCUT2D eigenvalue weighted by molar-refractivity contribution is 0.146. The van der Waals surface area contributed by atoms with Crippen molar-refractivity contribution in [2.75, 3.05) is 31.2 Å². The molecule has 0 aliphatic rings. The van der Waals surface area contributed by atoms with Gasteiger partial charge in [-0.3, -0.25) is 0 Å². The molecule has 0 saturated carbocycles. The Bertz CT molecular complexity index is 335. The first kappa shape index (κ1) is 14.3. The monoisotopic (exact) mass is 302 g/mol. The molecule has 17 heavy (non-hydrogen) atoms. The van der Waals surface area contributed by atoms with Crippen LogP contribution in [0.4, 0.5) is 5.82 Å². The van der Waals surface area contributed by atoms with Crippen LogP contribution < -0.4 is 10.6 Å². The van der Waals surface area contributed by atoms with Gasteiger partial charge in [0, 0.05) is 25.3 Å².